The number of pyridine rings is 1. The number of rotatable bonds is 2. The fourth-order valence-electron chi connectivity index (χ4n) is 2.23. The van der Waals surface area contributed by atoms with Gasteiger partial charge < -0.3 is 5.11 Å². The standard InChI is InChI=1S/C15H11F3N2O/c16-15(17,18)11-5-3-4-10(8-11)14(21)12-9-19-20-7-2-1-6-13(12)20/h1-9,14,21H. The number of fused-ring (bicyclic) bond motifs is 1. The van der Waals surface area contributed by atoms with E-state index in [1.807, 2.05) is 0 Å². The lowest BCUT2D eigenvalue weighted by Gasteiger charge is -2.13. The average molecular weight is 292 g/mol. The SMILES string of the molecule is OC(c1cccc(C(F)(F)F)c1)c1cnn2ccccc12. The van der Waals surface area contributed by atoms with Crippen LogP contribution in [-0.4, -0.2) is 14.7 Å². The zero-order valence-corrected chi connectivity index (χ0v) is 10.7. The van der Waals surface area contributed by atoms with Gasteiger partial charge in [0.05, 0.1) is 17.3 Å². The maximum Gasteiger partial charge on any atom is 0.416 e. The Morgan fingerprint density at radius 2 is 1.90 bits per heavy atom. The third-order valence-corrected chi connectivity index (χ3v) is 3.28. The summed E-state index contributed by atoms with van der Waals surface area (Å²) < 4.78 is 39.7. The van der Waals surface area contributed by atoms with Gasteiger partial charge in [0.2, 0.25) is 0 Å². The van der Waals surface area contributed by atoms with Crippen molar-refractivity contribution in [2.24, 2.45) is 0 Å². The first-order valence-electron chi connectivity index (χ1n) is 6.24. The second-order valence-electron chi connectivity index (χ2n) is 4.66. The van der Waals surface area contributed by atoms with Gasteiger partial charge >= 0.3 is 6.18 Å². The molecule has 0 saturated carbocycles. The maximum atomic E-state index is 12.7. The molecule has 1 aromatic carbocycles. The van der Waals surface area contributed by atoms with Crippen LogP contribution in [0.4, 0.5) is 13.2 Å². The molecule has 1 N–H and O–H groups in total. The van der Waals surface area contributed by atoms with Crippen LogP contribution in [0.1, 0.15) is 22.8 Å². The van der Waals surface area contributed by atoms with Crippen molar-refractivity contribution in [3.8, 4) is 0 Å². The van der Waals surface area contributed by atoms with Crippen LogP contribution < -0.4 is 0 Å². The smallest absolute Gasteiger partial charge is 0.384 e. The van der Waals surface area contributed by atoms with Crippen LogP contribution in [0.2, 0.25) is 0 Å². The first-order valence-corrected chi connectivity index (χ1v) is 6.24. The molecule has 108 valence electrons. The molecule has 6 heteroatoms. The fourth-order valence-corrected chi connectivity index (χ4v) is 2.23. The summed E-state index contributed by atoms with van der Waals surface area (Å²) in [7, 11) is 0. The third-order valence-electron chi connectivity index (χ3n) is 3.28. The van der Waals surface area contributed by atoms with E-state index in [0.29, 0.717) is 11.1 Å². The minimum atomic E-state index is -4.43. The van der Waals surface area contributed by atoms with Gasteiger partial charge in [0.15, 0.2) is 0 Å². The molecule has 0 bridgehead atoms. The van der Waals surface area contributed by atoms with E-state index in [2.05, 4.69) is 5.10 Å². The number of nitrogens with zero attached hydrogens (tertiary/aromatic N) is 2. The van der Waals surface area contributed by atoms with Gasteiger partial charge in [-0.2, -0.15) is 18.3 Å². The molecule has 3 aromatic rings. The molecule has 0 radical (unpaired) electrons. The number of hydrogen-bond acceptors (Lipinski definition) is 2. The number of alkyl halides is 3. The number of halogens is 3. The Bertz CT molecular complexity index is 780. The molecule has 2 aromatic heterocycles. The van der Waals surface area contributed by atoms with E-state index in [-0.39, 0.29) is 5.56 Å². The number of benzene rings is 1. The molecule has 0 aliphatic rings. The molecule has 2 heterocycles. The van der Waals surface area contributed by atoms with E-state index in [9.17, 15) is 18.3 Å². The molecule has 0 amide bonds. The highest BCUT2D eigenvalue weighted by Gasteiger charge is 2.31. The van der Waals surface area contributed by atoms with Crippen molar-refractivity contribution in [3.63, 3.8) is 0 Å². The van der Waals surface area contributed by atoms with Gasteiger partial charge in [-0.05, 0) is 29.8 Å². The van der Waals surface area contributed by atoms with E-state index in [0.717, 1.165) is 12.1 Å². The maximum absolute atomic E-state index is 12.7. The highest BCUT2D eigenvalue weighted by molar-refractivity contribution is 5.56. The topological polar surface area (TPSA) is 37.5 Å². The van der Waals surface area contributed by atoms with Crippen molar-refractivity contribution in [3.05, 3.63) is 71.5 Å². The molecule has 1 unspecified atom stereocenters. The minimum Gasteiger partial charge on any atom is -0.384 e. The Morgan fingerprint density at radius 3 is 2.67 bits per heavy atom. The molecular formula is C15H11F3N2O. The Balaban J connectivity index is 2.04. The average Bonchev–Trinajstić information content (AvgIpc) is 2.90. The van der Waals surface area contributed by atoms with Crippen molar-refractivity contribution in [2.45, 2.75) is 12.3 Å². The Morgan fingerprint density at radius 1 is 1.10 bits per heavy atom. The van der Waals surface area contributed by atoms with E-state index in [1.165, 1.54) is 18.3 Å². The van der Waals surface area contributed by atoms with Crippen LogP contribution in [-0.2, 0) is 6.18 Å². The van der Waals surface area contributed by atoms with Crippen molar-refractivity contribution < 1.29 is 18.3 Å². The summed E-state index contributed by atoms with van der Waals surface area (Å²) in [6, 6.07) is 9.99. The van der Waals surface area contributed by atoms with E-state index < -0.39 is 17.8 Å². The second-order valence-corrected chi connectivity index (χ2v) is 4.66. The monoisotopic (exact) mass is 292 g/mol. The second kappa shape index (κ2) is 4.89. The molecule has 0 aliphatic carbocycles. The summed E-state index contributed by atoms with van der Waals surface area (Å²) >= 11 is 0. The summed E-state index contributed by atoms with van der Waals surface area (Å²) in [5.41, 5.74) is 0.524. The van der Waals surface area contributed by atoms with Crippen LogP contribution in [0.3, 0.4) is 0 Å². The number of hydrogen-bond donors (Lipinski definition) is 1. The number of aliphatic hydroxyl groups is 1. The van der Waals surface area contributed by atoms with Crippen LogP contribution in [0, 0.1) is 0 Å². The van der Waals surface area contributed by atoms with Crippen molar-refractivity contribution in [2.75, 3.05) is 0 Å². The third kappa shape index (κ3) is 2.50. The van der Waals surface area contributed by atoms with Gasteiger partial charge in [0.1, 0.15) is 6.10 Å². The van der Waals surface area contributed by atoms with Gasteiger partial charge in [0, 0.05) is 11.8 Å². The molecule has 3 rings (SSSR count). The molecular weight excluding hydrogens is 281 g/mol. The lowest BCUT2D eigenvalue weighted by atomic mass is 10.0. The Labute approximate surface area is 118 Å². The largest absolute Gasteiger partial charge is 0.416 e. The van der Waals surface area contributed by atoms with Gasteiger partial charge in [-0.3, -0.25) is 0 Å². The van der Waals surface area contributed by atoms with Gasteiger partial charge in [-0.15, -0.1) is 0 Å². The molecule has 0 saturated heterocycles. The van der Waals surface area contributed by atoms with Gasteiger partial charge in [-0.25, -0.2) is 4.52 Å². The van der Waals surface area contributed by atoms with Crippen LogP contribution >= 0.6 is 0 Å². The summed E-state index contributed by atoms with van der Waals surface area (Å²) in [6.07, 6.45) is -2.43. The highest BCUT2D eigenvalue weighted by Crippen LogP contribution is 2.32. The quantitative estimate of drug-likeness (QED) is 0.785. The van der Waals surface area contributed by atoms with E-state index in [1.54, 1.807) is 28.9 Å². The lowest BCUT2D eigenvalue weighted by Crippen LogP contribution is -2.07. The van der Waals surface area contributed by atoms with Crippen molar-refractivity contribution >= 4 is 5.52 Å². The predicted octanol–water partition coefficient (Wildman–Crippen LogP) is 3.43. The molecule has 0 fully saturated rings. The van der Waals surface area contributed by atoms with Crippen LogP contribution in [0.15, 0.2) is 54.9 Å². The van der Waals surface area contributed by atoms with E-state index >= 15 is 0 Å². The zero-order chi connectivity index (χ0) is 15.0. The first-order chi connectivity index (χ1) is 9.97. The molecule has 0 aliphatic heterocycles. The summed E-state index contributed by atoms with van der Waals surface area (Å²) in [6.45, 7) is 0. The molecule has 1 atom stereocenters. The Hall–Kier alpha value is -2.34. The van der Waals surface area contributed by atoms with Gasteiger partial charge in [0.25, 0.3) is 0 Å². The first kappa shape index (κ1) is 13.6. The summed E-state index contributed by atoms with van der Waals surface area (Å²) in [5.74, 6) is 0. The number of aromatic nitrogens is 2. The minimum absolute atomic E-state index is 0.184. The zero-order valence-electron chi connectivity index (χ0n) is 10.7. The lowest BCUT2D eigenvalue weighted by molar-refractivity contribution is -0.137. The highest BCUT2D eigenvalue weighted by atomic mass is 19.4. The normalized spacial score (nSPS) is 13.5. The van der Waals surface area contributed by atoms with Gasteiger partial charge in [-0.1, -0.05) is 18.2 Å². The molecule has 0 spiro atoms. The van der Waals surface area contributed by atoms with Crippen LogP contribution in [0.5, 0.6) is 0 Å². The summed E-state index contributed by atoms with van der Waals surface area (Å²) in [4.78, 5) is 0. The van der Waals surface area contributed by atoms with Crippen molar-refractivity contribution in [1.82, 2.24) is 9.61 Å². The van der Waals surface area contributed by atoms with Crippen LogP contribution in [0.25, 0.3) is 5.52 Å². The summed E-state index contributed by atoms with van der Waals surface area (Å²) in [5, 5.41) is 14.4. The van der Waals surface area contributed by atoms with E-state index in [4.69, 9.17) is 0 Å². The Kier molecular flexibility index (Phi) is 3.17. The molecule has 3 nitrogen and oxygen atoms in total. The molecule has 21 heavy (non-hydrogen) atoms. The van der Waals surface area contributed by atoms with Crippen molar-refractivity contribution in [1.29, 1.82) is 0 Å². The fraction of sp³-hybridized carbons (Fsp3) is 0.133. The predicted molar refractivity (Wildman–Crippen MR) is 70.7 cm³/mol. The number of aliphatic hydroxyl groups excluding tert-OH is 1.